The molecule has 1 atom stereocenters. The number of hydrogen-bond donors (Lipinski definition) is 4. The minimum atomic E-state index is -1.09. The topological polar surface area (TPSA) is 133 Å². The highest BCUT2D eigenvalue weighted by atomic mass is 16.4. The molecule has 3 aromatic rings. The molecule has 0 bridgehead atoms. The van der Waals surface area contributed by atoms with Gasteiger partial charge in [-0.05, 0) is 37.0 Å². The maximum atomic E-state index is 12.7. The number of nitrogens with zero attached hydrogens (tertiary/aromatic N) is 2. The maximum Gasteiger partial charge on any atom is 0.326 e. The van der Waals surface area contributed by atoms with Gasteiger partial charge in [-0.3, -0.25) is 4.79 Å². The van der Waals surface area contributed by atoms with Gasteiger partial charge in [-0.1, -0.05) is 72.1 Å². The molecule has 1 aromatic heterocycles. The summed E-state index contributed by atoms with van der Waals surface area (Å²) in [6.45, 7) is 5.67. The number of rotatable bonds is 14. The number of carboxylic acid groups (broad SMARTS) is 1. The lowest BCUT2D eigenvalue weighted by Crippen LogP contribution is -2.44. The highest BCUT2D eigenvalue weighted by Crippen LogP contribution is 2.36. The number of aliphatic carboxylic acids is 1. The Bertz CT molecular complexity index is 1240. The Labute approximate surface area is 218 Å². The lowest BCUT2D eigenvalue weighted by atomic mass is 10.0. The van der Waals surface area contributed by atoms with Gasteiger partial charge in [-0.25, -0.2) is 14.8 Å². The van der Waals surface area contributed by atoms with E-state index in [2.05, 4.69) is 17.2 Å². The van der Waals surface area contributed by atoms with Crippen molar-refractivity contribution in [2.24, 2.45) is 5.92 Å². The SMILES string of the molecule is CCCCCCCCCCCc1c(O)c(O)cc2nc3cc(C(=O)N[C@@H](C(=O)O)C(C)C)ccc3nc12. The summed E-state index contributed by atoms with van der Waals surface area (Å²) >= 11 is 0. The molecule has 0 unspecified atom stereocenters. The van der Waals surface area contributed by atoms with E-state index in [4.69, 9.17) is 4.98 Å². The summed E-state index contributed by atoms with van der Waals surface area (Å²) in [5, 5.41) is 32.8. The third kappa shape index (κ3) is 7.31. The van der Waals surface area contributed by atoms with Crippen LogP contribution < -0.4 is 5.32 Å². The van der Waals surface area contributed by atoms with Crippen LogP contribution in [0.1, 0.15) is 94.5 Å². The predicted molar refractivity (Wildman–Crippen MR) is 145 cm³/mol. The number of nitrogens with one attached hydrogen (secondary N) is 1. The highest BCUT2D eigenvalue weighted by Gasteiger charge is 2.24. The van der Waals surface area contributed by atoms with Gasteiger partial charge in [0.05, 0.1) is 22.1 Å². The maximum absolute atomic E-state index is 12.7. The molecular formula is C29H39N3O5. The molecule has 1 heterocycles. The number of phenols is 2. The van der Waals surface area contributed by atoms with Gasteiger partial charge in [0, 0.05) is 17.2 Å². The van der Waals surface area contributed by atoms with Crippen LogP contribution in [-0.2, 0) is 11.2 Å². The average molecular weight is 510 g/mol. The van der Waals surface area contributed by atoms with Gasteiger partial charge in [-0.15, -0.1) is 0 Å². The second kappa shape index (κ2) is 13.2. The fourth-order valence-corrected chi connectivity index (χ4v) is 4.58. The van der Waals surface area contributed by atoms with Crippen molar-refractivity contribution >= 4 is 33.9 Å². The van der Waals surface area contributed by atoms with Crippen molar-refractivity contribution < 1.29 is 24.9 Å². The van der Waals surface area contributed by atoms with Gasteiger partial charge < -0.3 is 20.6 Å². The first-order chi connectivity index (χ1) is 17.7. The first-order valence-electron chi connectivity index (χ1n) is 13.4. The number of carbonyl (C=O) groups excluding carboxylic acids is 1. The van der Waals surface area contributed by atoms with Crippen LogP contribution in [0.4, 0.5) is 0 Å². The molecule has 4 N–H and O–H groups in total. The standard InChI is InChI=1S/C29H39N3O5/c1-4-5-6-7-8-9-10-11-12-13-20-26-23(17-24(33)27(20)34)30-22-16-19(14-15-21(22)31-26)28(35)32-25(18(2)3)29(36)37/h14-18,25,33-34H,4-13H2,1-3H3,(H,32,35)(H,36,37)/t25-/m1/s1. The van der Waals surface area contributed by atoms with Crippen LogP contribution in [-0.4, -0.2) is 43.2 Å². The molecule has 0 spiro atoms. The van der Waals surface area contributed by atoms with Crippen molar-refractivity contribution in [1.29, 1.82) is 0 Å². The minimum Gasteiger partial charge on any atom is -0.504 e. The van der Waals surface area contributed by atoms with E-state index in [0.29, 0.717) is 34.1 Å². The van der Waals surface area contributed by atoms with Gasteiger partial charge in [0.2, 0.25) is 0 Å². The first kappa shape index (κ1) is 28.2. The second-order valence-electron chi connectivity index (χ2n) is 10.1. The summed E-state index contributed by atoms with van der Waals surface area (Å²) in [7, 11) is 0. The Balaban J connectivity index is 1.76. The number of benzene rings is 2. The zero-order valence-corrected chi connectivity index (χ0v) is 22.1. The van der Waals surface area contributed by atoms with Gasteiger partial charge in [0.25, 0.3) is 5.91 Å². The van der Waals surface area contributed by atoms with Crippen molar-refractivity contribution in [1.82, 2.24) is 15.3 Å². The third-order valence-corrected chi connectivity index (χ3v) is 6.79. The fraction of sp³-hybridized carbons (Fsp3) is 0.517. The third-order valence-electron chi connectivity index (χ3n) is 6.79. The molecule has 1 amide bonds. The number of aromatic nitrogens is 2. The summed E-state index contributed by atoms with van der Waals surface area (Å²) in [4.78, 5) is 33.4. The van der Waals surface area contributed by atoms with Gasteiger partial charge in [0.15, 0.2) is 11.5 Å². The summed E-state index contributed by atoms with van der Waals surface area (Å²) in [5.41, 5.74) is 2.79. The van der Waals surface area contributed by atoms with Gasteiger partial charge >= 0.3 is 5.97 Å². The zero-order valence-electron chi connectivity index (χ0n) is 22.1. The minimum absolute atomic E-state index is 0.162. The Morgan fingerprint density at radius 1 is 0.865 bits per heavy atom. The summed E-state index contributed by atoms with van der Waals surface area (Å²) in [6.07, 6.45) is 11.3. The van der Waals surface area contributed by atoms with E-state index in [0.717, 1.165) is 19.3 Å². The smallest absolute Gasteiger partial charge is 0.326 e. The molecule has 2 aromatic carbocycles. The number of carboxylic acids is 1. The molecule has 0 aliphatic carbocycles. The molecule has 37 heavy (non-hydrogen) atoms. The number of carbonyl (C=O) groups is 2. The molecule has 0 radical (unpaired) electrons. The van der Waals surface area contributed by atoms with Gasteiger partial charge in [-0.2, -0.15) is 0 Å². The van der Waals surface area contributed by atoms with E-state index in [1.165, 1.54) is 44.6 Å². The molecule has 0 aliphatic rings. The van der Waals surface area contributed by atoms with E-state index < -0.39 is 17.9 Å². The van der Waals surface area contributed by atoms with Crippen molar-refractivity contribution in [2.45, 2.75) is 91.0 Å². The molecule has 8 heteroatoms. The number of fused-ring (bicyclic) bond motifs is 2. The first-order valence-corrected chi connectivity index (χ1v) is 13.4. The van der Waals surface area contributed by atoms with E-state index in [-0.39, 0.29) is 23.0 Å². The molecular weight excluding hydrogens is 470 g/mol. The van der Waals surface area contributed by atoms with E-state index in [1.54, 1.807) is 32.0 Å². The van der Waals surface area contributed by atoms with Crippen LogP contribution in [0.25, 0.3) is 22.1 Å². The van der Waals surface area contributed by atoms with Crippen molar-refractivity contribution in [3.05, 3.63) is 35.4 Å². The van der Waals surface area contributed by atoms with Crippen LogP contribution in [0.2, 0.25) is 0 Å². The molecule has 0 saturated heterocycles. The quantitative estimate of drug-likeness (QED) is 0.117. The number of unbranched alkanes of at least 4 members (excludes halogenated alkanes) is 8. The second-order valence-corrected chi connectivity index (χ2v) is 10.1. The van der Waals surface area contributed by atoms with E-state index in [9.17, 15) is 24.9 Å². The molecule has 200 valence electrons. The normalized spacial score (nSPS) is 12.3. The average Bonchev–Trinajstić information content (AvgIpc) is 2.86. The van der Waals surface area contributed by atoms with Crippen molar-refractivity contribution in [2.75, 3.05) is 0 Å². The summed E-state index contributed by atoms with van der Waals surface area (Å²) in [5.74, 6) is -2.29. The number of phenolic OH excluding ortho intramolecular Hbond substituents is 2. The zero-order chi connectivity index (χ0) is 26.9. The summed E-state index contributed by atoms with van der Waals surface area (Å²) in [6, 6.07) is 5.17. The van der Waals surface area contributed by atoms with Crippen LogP contribution in [0.15, 0.2) is 24.3 Å². The highest BCUT2D eigenvalue weighted by molar-refractivity contribution is 6.00. The van der Waals surface area contributed by atoms with E-state index >= 15 is 0 Å². The number of hydrogen-bond acceptors (Lipinski definition) is 6. The Kier molecular flexibility index (Phi) is 10.1. The fourth-order valence-electron chi connectivity index (χ4n) is 4.58. The van der Waals surface area contributed by atoms with Crippen LogP contribution in [0, 0.1) is 5.92 Å². The Morgan fingerprint density at radius 2 is 1.51 bits per heavy atom. The molecule has 3 rings (SSSR count). The van der Waals surface area contributed by atoms with Crippen LogP contribution in [0.5, 0.6) is 11.5 Å². The molecule has 8 nitrogen and oxygen atoms in total. The lowest BCUT2D eigenvalue weighted by Gasteiger charge is -2.18. The van der Waals surface area contributed by atoms with Gasteiger partial charge in [0.1, 0.15) is 6.04 Å². The van der Waals surface area contributed by atoms with Crippen LogP contribution >= 0.6 is 0 Å². The lowest BCUT2D eigenvalue weighted by molar-refractivity contribution is -0.140. The molecule has 0 aliphatic heterocycles. The molecule has 0 saturated carbocycles. The van der Waals surface area contributed by atoms with Crippen molar-refractivity contribution in [3.63, 3.8) is 0 Å². The number of amides is 1. The number of aromatic hydroxyl groups is 2. The number of aryl methyl sites for hydroxylation is 1. The monoisotopic (exact) mass is 509 g/mol. The van der Waals surface area contributed by atoms with Crippen LogP contribution in [0.3, 0.4) is 0 Å². The van der Waals surface area contributed by atoms with E-state index in [1.807, 2.05) is 0 Å². The Morgan fingerprint density at radius 3 is 2.14 bits per heavy atom. The largest absolute Gasteiger partial charge is 0.504 e. The Hall–Kier alpha value is -3.42. The predicted octanol–water partition coefficient (Wildman–Crippen LogP) is 6.11. The van der Waals surface area contributed by atoms with Crippen molar-refractivity contribution in [3.8, 4) is 11.5 Å². The summed E-state index contributed by atoms with van der Waals surface area (Å²) < 4.78 is 0. The molecule has 0 fully saturated rings.